The second kappa shape index (κ2) is 10.3. The lowest BCUT2D eigenvalue weighted by Crippen LogP contribution is -2.48. The highest BCUT2D eigenvalue weighted by atomic mass is 19.1. The Hall–Kier alpha value is -2.44. The van der Waals surface area contributed by atoms with Crippen LogP contribution in [0.4, 0.5) is 9.18 Å². The van der Waals surface area contributed by atoms with Gasteiger partial charge in [-0.15, -0.1) is 0 Å². The zero-order valence-electron chi connectivity index (χ0n) is 23.7. The molecule has 3 fully saturated rings. The van der Waals surface area contributed by atoms with Crippen molar-refractivity contribution in [3.63, 3.8) is 0 Å². The number of carbonyl (C=O) groups excluding carboxylic acids is 2. The summed E-state index contributed by atoms with van der Waals surface area (Å²) in [6, 6.07) is 6.36. The normalized spacial score (nSPS) is 26.7. The van der Waals surface area contributed by atoms with E-state index in [4.69, 9.17) is 14.0 Å². The van der Waals surface area contributed by atoms with Gasteiger partial charge in [-0.05, 0) is 97.2 Å². The number of ether oxygens (including phenoxy) is 1. The van der Waals surface area contributed by atoms with Gasteiger partial charge in [0, 0.05) is 12.5 Å². The third kappa shape index (κ3) is 5.77. The fourth-order valence-corrected chi connectivity index (χ4v) is 5.84. The van der Waals surface area contributed by atoms with Gasteiger partial charge in [0.25, 0.3) is 0 Å². The molecule has 38 heavy (non-hydrogen) atoms. The molecule has 0 N–H and O–H groups in total. The van der Waals surface area contributed by atoms with Crippen molar-refractivity contribution in [2.24, 2.45) is 11.8 Å². The van der Waals surface area contributed by atoms with Gasteiger partial charge in [0.05, 0.1) is 29.2 Å². The number of halogens is 1. The predicted octanol–water partition coefficient (Wildman–Crippen LogP) is 4.94. The molecule has 0 aromatic heterocycles. The van der Waals surface area contributed by atoms with E-state index in [0.717, 1.165) is 25.7 Å². The van der Waals surface area contributed by atoms with Gasteiger partial charge >= 0.3 is 13.2 Å². The van der Waals surface area contributed by atoms with Crippen LogP contribution in [0.2, 0.25) is 0 Å². The van der Waals surface area contributed by atoms with Gasteiger partial charge < -0.3 is 14.0 Å². The molecule has 1 aromatic carbocycles. The largest absolute Gasteiger partial charge is 0.494 e. The topological polar surface area (TPSA) is 88.9 Å². The second-order valence-corrected chi connectivity index (χ2v) is 13.1. The second-order valence-electron chi connectivity index (χ2n) is 13.1. The number of hydrogen-bond acceptors (Lipinski definition) is 6. The number of nitriles is 1. The van der Waals surface area contributed by atoms with Crippen LogP contribution in [-0.2, 0) is 25.3 Å². The third-order valence-corrected chi connectivity index (χ3v) is 8.46. The molecule has 4 rings (SSSR count). The molecule has 2 bridgehead atoms. The van der Waals surface area contributed by atoms with E-state index in [1.807, 2.05) is 48.5 Å². The van der Waals surface area contributed by atoms with Gasteiger partial charge in [0.1, 0.15) is 11.4 Å². The van der Waals surface area contributed by atoms with E-state index in [2.05, 4.69) is 6.07 Å². The number of ketones is 1. The highest BCUT2D eigenvalue weighted by molar-refractivity contribution is 6.62. The van der Waals surface area contributed by atoms with E-state index >= 15 is 4.39 Å². The quantitative estimate of drug-likeness (QED) is 0.488. The third-order valence-electron chi connectivity index (χ3n) is 8.46. The van der Waals surface area contributed by atoms with E-state index in [1.54, 1.807) is 17.0 Å². The molecule has 1 saturated carbocycles. The van der Waals surface area contributed by atoms with Crippen molar-refractivity contribution >= 4 is 24.5 Å². The molecule has 2 heterocycles. The van der Waals surface area contributed by atoms with E-state index < -0.39 is 47.8 Å². The van der Waals surface area contributed by atoms with Crippen molar-refractivity contribution in [2.45, 2.75) is 116 Å². The van der Waals surface area contributed by atoms with Crippen molar-refractivity contribution in [2.75, 3.05) is 0 Å². The predicted molar refractivity (Wildman–Crippen MR) is 142 cm³/mol. The van der Waals surface area contributed by atoms with Gasteiger partial charge in [-0.3, -0.25) is 9.69 Å². The number of benzene rings is 1. The summed E-state index contributed by atoms with van der Waals surface area (Å²) >= 11 is 0. The minimum atomic E-state index is -0.708. The molecule has 7 nitrogen and oxygen atoms in total. The molecule has 0 radical (unpaired) electrons. The number of fused-ring (bicyclic) bond motifs is 2. The van der Waals surface area contributed by atoms with Crippen LogP contribution >= 0.6 is 0 Å². The molecule has 0 spiro atoms. The van der Waals surface area contributed by atoms with Gasteiger partial charge in [0.2, 0.25) is 0 Å². The Bertz CT molecular complexity index is 1110. The maximum atomic E-state index is 15.2. The fourth-order valence-electron chi connectivity index (χ4n) is 5.84. The smallest absolute Gasteiger partial charge is 0.444 e. The monoisotopic (exact) mass is 526 g/mol. The number of rotatable bonds is 6. The van der Waals surface area contributed by atoms with E-state index in [0.29, 0.717) is 11.0 Å². The Balaban J connectivity index is 1.45. The van der Waals surface area contributed by atoms with Crippen LogP contribution in [0.3, 0.4) is 0 Å². The molecule has 4 atom stereocenters. The first-order valence-electron chi connectivity index (χ1n) is 13.7. The first-order valence-corrected chi connectivity index (χ1v) is 13.7. The lowest BCUT2D eigenvalue weighted by atomic mass is 9.78. The molecular formula is C29H40BFN2O5. The Morgan fingerprint density at radius 3 is 2.45 bits per heavy atom. The van der Waals surface area contributed by atoms with Crippen molar-refractivity contribution < 1.29 is 28.0 Å². The number of amides is 1. The maximum Gasteiger partial charge on any atom is 0.494 e. The van der Waals surface area contributed by atoms with Gasteiger partial charge in [0.15, 0.2) is 5.78 Å². The Kier molecular flexibility index (Phi) is 7.72. The molecular weight excluding hydrogens is 486 g/mol. The fraction of sp³-hybridized carbons (Fsp3) is 0.690. The number of Topliss-reactive ketones (excluding diaryl/α,β-unsaturated/α-hetero) is 1. The van der Waals surface area contributed by atoms with Crippen molar-refractivity contribution in [3.8, 4) is 6.07 Å². The summed E-state index contributed by atoms with van der Waals surface area (Å²) in [7, 11) is -0.683. The van der Waals surface area contributed by atoms with E-state index in [1.165, 1.54) is 6.07 Å². The molecule has 1 aromatic rings. The molecule has 3 aliphatic rings. The summed E-state index contributed by atoms with van der Waals surface area (Å²) < 4.78 is 32.8. The molecule has 9 heteroatoms. The average molecular weight is 526 g/mol. The van der Waals surface area contributed by atoms with E-state index in [-0.39, 0.29) is 30.6 Å². The molecule has 2 saturated heterocycles. The first kappa shape index (κ1) is 28.6. The highest BCUT2D eigenvalue weighted by Crippen LogP contribution is 2.42. The molecule has 206 valence electrons. The van der Waals surface area contributed by atoms with Crippen molar-refractivity contribution in [1.29, 1.82) is 5.26 Å². The summed E-state index contributed by atoms with van der Waals surface area (Å²) in [6.07, 6.45) is 3.05. The zero-order valence-corrected chi connectivity index (χ0v) is 23.7. The average Bonchev–Trinajstić information content (AvgIpc) is 3.19. The zero-order chi connectivity index (χ0) is 28.0. The van der Waals surface area contributed by atoms with Crippen LogP contribution in [0.5, 0.6) is 0 Å². The Morgan fingerprint density at radius 2 is 1.87 bits per heavy atom. The van der Waals surface area contributed by atoms with Crippen molar-refractivity contribution in [1.82, 2.24) is 4.90 Å². The van der Waals surface area contributed by atoms with Gasteiger partial charge in [-0.2, -0.15) is 5.26 Å². The minimum absolute atomic E-state index is 0.0157. The Morgan fingerprint density at radius 1 is 1.21 bits per heavy atom. The summed E-state index contributed by atoms with van der Waals surface area (Å²) in [5.74, 6) is -1.24. The van der Waals surface area contributed by atoms with Crippen LogP contribution in [0.1, 0.15) is 86.1 Å². The molecule has 2 aliphatic heterocycles. The lowest BCUT2D eigenvalue weighted by Gasteiger charge is -2.32. The van der Waals surface area contributed by atoms with Crippen LogP contribution in [0, 0.1) is 29.0 Å². The number of carbonyl (C=O) groups is 2. The SMILES string of the molecule is CC(C)(C)OC(=O)N1[C@@H]2CCC[C@@H](C2)[C@H]1C(=O)C[C@H](C#N)Cc1ccc(B2OC(C)(C)C(C)(C)O2)cc1F. The maximum absolute atomic E-state index is 15.2. The lowest BCUT2D eigenvalue weighted by molar-refractivity contribution is -0.125. The van der Waals surface area contributed by atoms with Crippen LogP contribution in [0.15, 0.2) is 18.2 Å². The molecule has 0 unspecified atom stereocenters. The van der Waals surface area contributed by atoms with Crippen LogP contribution in [-0.4, -0.2) is 52.8 Å². The first-order chi connectivity index (χ1) is 17.6. The summed E-state index contributed by atoms with van der Waals surface area (Å²) in [4.78, 5) is 28.2. The number of hydrogen-bond donors (Lipinski definition) is 0. The molecule has 1 aliphatic carbocycles. The summed E-state index contributed by atoms with van der Waals surface area (Å²) in [6.45, 7) is 13.2. The molecule has 1 amide bonds. The van der Waals surface area contributed by atoms with Gasteiger partial charge in [-0.1, -0.05) is 18.6 Å². The minimum Gasteiger partial charge on any atom is -0.444 e. The van der Waals surface area contributed by atoms with Crippen molar-refractivity contribution in [3.05, 3.63) is 29.6 Å². The summed E-state index contributed by atoms with van der Waals surface area (Å²) in [5.41, 5.74) is -0.810. The van der Waals surface area contributed by atoms with Gasteiger partial charge in [-0.25, -0.2) is 9.18 Å². The number of nitrogens with zero attached hydrogens (tertiary/aromatic N) is 2. The number of likely N-dealkylation sites (tertiary alicyclic amines) is 1. The highest BCUT2D eigenvalue weighted by Gasteiger charge is 2.52. The van der Waals surface area contributed by atoms with Crippen LogP contribution < -0.4 is 5.46 Å². The summed E-state index contributed by atoms with van der Waals surface area (Å²) in [5, 5.41) is 9.86. The Labute approximate surface area is 226 Å². The van der Waals surface area contributed by atoms with Crippen LogP contribution in [0.25, 0.3) is 0 Å². The standard InChI is InChI=1S/C29H40BFN2O5/c1-27(2,3)36-26(35)33-22-10-8-9-20(15-22)25(33)24(34)14-18(17-32)13-19-11-12-21(16-23(19)31)30-37-28(4,5)29(6,7)38-30/h11-12,16,18,20,22,25H,8-10,13-15H2,1-7H3/t18-,20+,22-,25+/m1/s1. The van der Waals surface area contributed by atoms with E-state index in [9.17, 15) is 14.9 Å².